The van der Waals surface area contributed by atoms with Crippen LogP contribution in [-0.4, -0.2) is 49.2 Å². The van der Waals surface area contributed by atoms with E-state index in [-0.39, 0.29) is 19.2 Å². The monoisotopic (exact) mass is 286 g/mol. The third-order valence-electron chi connectivity index (χ3n) is 3.15. The topological polar surface area (TPSA) is 35.5 Å². The molecule has 0 radical (unpaired) electrons. The van der Waals surface area contributed by atoms with E-state index in [1.54, 1.807) is 11.9 Å². The number of nitrogens with zero attached hydrogens (tertiary/aromatic N) is 1. The summed E-state index contributed by atoms with van der Waals surface area (Å²) in [5, 5.41) is 13.2. The first-order chi connectivity index (χ1) is 9.39. The molecule has 5 heteroatoms. The minimum atomic E-state index is -2.38. The zero-order chi connectivity index (χ0) is 15.2. The Labute approximate surface area is 119 Å². The summed E-state index contributed by atoms with van der Waals surface area (Å²) in [6.45, 7) is 3.80. The van der Waals surface area contributed by atoms with Crippen LogP contribution in [0, 0.1) is 0 Å². The van der Waals surface area contributed by atoms with Gasteiger partial charge in [-0.3, -0.25) is 4.90 Å². The van der Waals surface area contributed by atoms with Crippen molar-refractivity contribution in [1.29, 1.82) is 0 Å². The van der Waals surface area contributed by atoms with Crippen molar-refractivity contribution in [3.8, 4) is 0 Å². The van der Waals surface area contributed by atoms with E-state index in [2.05, 4.69) is 5.32 Å². The van der Waals surface area contributed by atoms with E-state index in [1.807, 2.05) is 44.2 Å². The predicted octanol–water partition coefficient (Wildman–Crippen LogP) is 2.07. The van der Waals surface area contributed by atoms with Crippen LogP contribution in [0.25, 0.3) is 0 Å². The van der Waals surface area contributed by atoms with Crippen molar-refractivity contribution < 1.29 is 13.9 Å². The zero-order valence-corrected chi connectivity index (χ0v) is 12.3. The van der Waals surface area contributed by atoms with Gasteiger partial charge in [-0.15, -0.1) is 0 Å². The number of aliphatic hydroxyl groups excluding tert-OH is 1. The summed E-state index contributed by atoms with van der Waals surface area (Å²) in [6.07, 6.45) is -2.38. The maximum atomic E-state index is 12.5. The molecule has 0 aliphatic rings. The highest BCUT2D eigenvalue weighted by atomic mass is 19.3. The Kier molecular flexibility index (Phi) is 6.52. The van der Waals surface area contributed by atoms with Gasteiger partial charge in [0.25, 0.3) is 6.43 Å². The average Bonchev–Trinajstić information content (AvgIpc) is 2.37. The molecule has 0 aliphatic carbocycles. The molecule has 1 atom stereocenters. The quantitative estimate of drug-likeness (QED) is 0.768. The van der Waals surface area contributed by atoms with Crippen molar-refractivity contribution in [3.05, 3.63) is 35.9 Å². The van der Waals surface area contributed by atoms with E-state index in [1.165, 1.54) is 0 Å². The summed E-state index contributed by atoms with van der Waals surface area (Å²) >= 11 is 0. The van der Waals surface area contributed by atoms with Gasteiger partial charge in [0.2, 0.25) is 0 Å². The van der Waals surface area contributed by atoms with Crippen molar-refractivity contribution >= 4 is 0 Å². The van der Waals surface area contributed by atoms with Crippen molar-refractivity contribution in [1.82, 2.24) is 10.2 Å². The number of halogens is 2. The molecular weight excluding hydrogens is 262 g/mol. The van der Waals surface area contributed by atoms with Crippen LogP contribution in [0.3, 0.4) is 0 Å². The molecular formula is C15H24F2N2O. The van der Waals surface area contributed by atoms with Crippen LogP contribution in [0.4, 0.5) is 8.78 Å². The Morgan fingerprint density at radius 2 is 1.85 bits per heavy atom. The Hall–Kier alpha value is -1.04. The van der Waals surface area contributed by atoms with Crippen LogP contribution in [0.1, 0.15) is 19.4 Å². The van der Waals surface area contributed by atoms with Crippen LogP contribution >= 0.6 is 0 Å². The van der Waals surface area contributed by atoms with E-state index in [0.717, 1.165) is 5.56 Å². The highest BCUT2D eigenvalue weighted by Gasteiger charge is 2.33. The molecule has 20 heavy (non-hydrogen) atoms. The van der Waals surface area contributed by atoms with Crippen LogP contribution in [-0.2, 0) is 5.54 Å². The molecule has 0 saturated carbocycles. The fraction of sp³-hybridized carbons (Fsp3) is 0.600. The minimum absolute atomic E-state index is 0.127. The van der Waals surface area contributed by atoms with Gasteiger partial charge in [-0.2, -0.15) is 0 Å². The van der Waals surface area contributed by atoms with Gasteiger partial charge in [0, 0.05) is 12.6 Å². The second-order valence-corrected chi connectivity index (χ2v) is 5.49. The molecule has 3 nitrogen and oxygen atoms in total. The number of rotatable bonds is 8. The lowest BCUT2D eigenvalue weighted by Gasteiger charge is -2.38. The molecule has 0 heterocycles. The normalized spacial score (nSPS) is 15.1. The predicted molar refractivity (Wildman–Crippen MR) is 77.0 cm³/mol. The first-order valence-electron chi connectivity index (χ1n) is 6.80. The molecule has 1 aromatic rings. The average molecular weight is 286 g/mol. The molecule has 1 aromatic carbocycles. The number of likely N-dealkylation sites (N-methyl/N-ethyl adjacent to an activating group) is 1. The van der Waals surface area contributed by atoms with E-state index in [0.29, 0.717) is 6.54 Å². The molecule has 0 aliphatic heterocycles. The smallest absolute Gasteiger partial charge is 0.251 e. The highest BCUT2D eigenvalue weighted by molar-refractivity contribution is 5.25. The summed E-state index contributed by atoms with van der Waals surface area (Å²) in [6, 6.07) is 9.60. The van der Waals surface area contributed by atoms with Gasteiger partial charge in [0.15, 0.2) is 0 Å². The lowest BCUT2D eigenvalue weighted by Crippen LogP contribution is -2.55. The highest BCUT2D eigenvalue weighted by Crippen LogP contribution is 2.23. The minimum Gasteiger partial charge on any atom is -0.394 e. The molecule has 0 amide bonds. The second kappa shape index (κ2) is 7.67. The van der Waals surface area contributed by atoms with Gasteiger partial charge >= 0.3 is 0 Å². The maximum absolute atomic E-state index is 12.5. The van der Waals surface area contributed by atoms with Gasteiger partial charge in [-0.1, -0.05) is 30.3 Å². The third-order valence-corrected chi connectivity index (χ3v) is 3.15. The number of benzene rings is 1. The largest absolute Gasteiger partial charge is 0.394 e. The second-order valence-electron chi connectivity index (χ2n) is 5.49. The first-order valence-corrected chi connectivity index (χ1v) is 6.80. The number of nitrogens with one attached hydrogen (secondary N) is 1. The fourth-order valence-corrected chi connectivity index (χ4v) is 2.48. The van der Waals surface area contributed by atoms with Gasteiger partial charge in [0.05, 0.1) is 18.7 Å². The van der Waals surface area contributed by atoms with E-state index < -0.39 is 12.0 Å². The lowest BCUT2D eigenvalue weighted by atomic mass is 9.89. The summed E-state index contributed by atoms with van der Waals surface area (Å²) in [5.74, 6) is 0. The van der Waals surface area contributed by atoms with E-state index in [4.69, 9.17) is 0 Å². The van der Waals surface area contributed by atoms with E-state index in [9.17, 15) is 13.9 Å². The summed E-state index contributed by atoms with van der Waals surface area (Å²) < 4.78 is 25.0. The van der Waals surface area contributed by atoms with Crippen molar-refractivity contribution in [3.63, 3.8) is 0 Å². The molecule has 1 unspecified atom stereocenters. The molecule has 0 bridgehead atoms. The Morgan fingerprint density at radius 3 is 2.30 bits per heavy atom. The molecule has 0 fully saturated rings. The van der Waals surface area contributed by atoms with Gasteiger partial charge in [-0.25, -0.2) is 8.78 Å². The molecule has 0 saturated heterocycles. The third kappa shape index (κ3) is 4.81. The maximum Gasteiger partial charge on any atom is 0.251 e. The number of hydrogen-bond acceptors (Lipinski definition) is 3. The Morgan fingerprint density at radius 1 is 1.25 bits per heavy atom. The number of aliphatic hydroxyl groups is 1. The summed E-state index contributed by atoms with van der Waals surface area (Å²) in [7, 11) is 1.64. The summed E-state index contributed by atoms with van der Waals surface area (Å²) in [5.41, 5.74) is 0.163. The zero-order valence-electron chi connectivity index (χ0n) is 12.3. The van der Waals surface area contributed by atoms with Crippen molar-refractivity contribution in [2.75, 3.05) is 26.7 Å². The van der Waals surface area contributed by atoms with Gasteiger partial charge in [-0.05, 0) is 26.5 Å². The summed E-state index contributed by atoms with van der Waals surface area (Å²) in [4.78, 5) is 1.54. The van der Waals surface area contributed by atoms with Crippen LogP contribution in [0.2, 0.25) is 0 Å². The van der Waals surface area contributed by atoms with Gasteiger partial charge < -0.3 is 10.4 Å². The fourth-order valence-electron chi connectivity index (χ4n) is 2.48. The number of hydrogen-bond donors (Lipinski definition) is 2. The van der Waals surface area contributed by atoms with Gasteiger partial charge in [0.1, 0.15) is 0 Å². The molecule has 0 aromatic heterocycles. The standard InChI is InChI=1S/C15H24F2N2O/c1-12(2)18-15(11-20,10-19(3)9-14(16)17)13-7-5-4-6-8-13/h4-8,12,14,18,20H,9-11H2,1-3H3. The first kappa shape index (κ1) is 17.0. The number of alkyl halides is 2. The van der Waals surface area contributed by atoms with Crippen molar-refractivity contribution in [2.24, 2.45) is 0 Å². The van der Waals surface area contributed by atoms with Crippen LogP contribution in [0.15, 0.2) is 30.3 Å². The Balaban J connectivity index is 3.00. The SMILES string of the molecule is CC(C)NC(CO)(CN(C)CC(F)F)c1ccccc1. The molecule has 2 N–H and O–H groups in total. The van der Waals surface area contributed by atoms with Crippen molar-refractivity contribution in [2.45, 2.75) is 31.9 Å². The molecule has 114 valence electrons. The molecule has 1 rings (SSSR count). The van der Waals surface area contributed by atoms with Crippen LogP contribution in [0.5, 0.6) is 0 Å². The van der Waals surface area contributed by atoms with Crippen LogP contribution < -0.4 is 5.32 Å². The lowest BCUT2D eigenvalue weighted by molar-refractivity contribution is 0.0625. The Bertz CT molecular complexity index is 387. The molecule has 0 spiro atoms. The van der Waals surface area contributed by atoms with E-state index >= 15 is 0 Å².